The maximum atomic E-state index is 12.5. The molecule has 0 aliphatic rings. The lowest BCUT2D eigenvalue weighted by molar-refractivity contribution is -0.135. The Labute approximate surface area is 123 Å². The van der Waals surface area contributed by atoms with E-state index in [4.69, 9.17) is 4.74 Å². The van der Waals surface area contributed by atoms with Crippen molar-refractivity contribution in [1.82, 2.24) is 0 Å². The number of esters is 1. The van der Waals surface area contributed by atoms with Gasteiger partial charge in [0, 0.05) is 5.56 Å². The monoisotopic (exact) mass is 280 g/mol. The smallest absolute Gasteiger partial charge is 0.341 e. The van der Waals surface area contributed by atoms with Crippen molar-refractivity contribution in [3.63, 3.8) is 0 Å². The van der Waals surface area contributed by atoms with E-state index in [0.29, 0.717) is 5.56 Å². The molecule has 2 aromatic rings. The molecule has 0 amide bonds. The summed E-state index contributed by atoms with van der Waals surface area (Å²) in [7, 11) is 1.27. The lowest BCUT2D eigenvalue weighted by Crippen LogP contribution is -2.14. The number of aryl methyl sites for hydroxylation is 1. The van der Waals surface area contributed by atoms with E-state index in [2.05, 4.69) is 0 Å². The summed E-state index contributed by atoms with van der Waals surface area (Å²) in [6.45, 7) is 1.94. The largest absolute Gasteiger partial charge is 0.465 e. The fraction of sp³-hybridized carbons (Fsp3) is 0.111. The molecule has 2 rings (SSSR count). The number of Topliss-reactive ketones (excluding diaryl/α,β-unsaturated/α-hetero) is 1. The van der Waals surface area contributed by atoms with Crippen molar-refractivity contribution in [2.75, 3.05) is 7.11 Å². The van der Waals surface area contributed by atoms with E-state index in [0.717, 1.165) is 11.1 Å². The minimum Gasteiger partial charge on any atom is -0.465 e. The van der Waals surface area contributed by atoms with Gasteiger partial charge < -0.3 is 4.74 Å². The van der Waals surface area contributed by atoms with E-state index in [9.17, 15) is 9.59 Å². The van der Waals surface area contributed by atoms with Crippen LogP contribution in [0.4, 0.5) is 0 Å². The van der Waals surface area contributed by atoms with Gasteiger partial charge in [-0.25, -0.2) is 4.79 Å². The molecule has 0 N–H and O–H groups in total. The summed E-state index contributed by atoms with van der Waals surface area (Å²) in [5.74, 6) is -0.977. The predicted octanol–water partition coefficient (Wildman–Crippen LogP) is 3.43. The van der Waals surface area contributed by atoms with Crippen LogP contribution in [0.5, 0.6) is 0 Å². The second-order valence-corrected chi connectivity index (χ2v) is 4.66. The summed E-state index contributed by atoms with van der Waals surface area (Å²) < 4.78 is 4.72. The Hall–Kier alpha value is -2.68. The molecule has 3 heteroatoms. The molecule has 0 heterocycles. The molecule has 0 aliphatic carbocycles. The highest BCUT2D eigenvalue weighted by Gasteiger charge is 2.20. The van der Waals surface area contributed by atoms with Gasteiger partial charge in [-0.05, 0) is 18.6 Å². The highest BCUT2D eigenvalue weighted by Crippen LogP contribution is 2.15. The second-order valence-electron chi connectivity index (χ2n) is 4.66. The zero-order valence-corrected chi connectivity index (χ0v) is 12.0. The van der Waals surface area contributed by atoms with Crippen LogP contribution in [0, 0.1) is 6.92 Å². The standard InChI is InChI=1S/C18H16O3/c1-13-8-10-15(11-9-13)17(19)16(18(20)21-2)12-14-6-4-3-5-7-14/h3-12H,1-2H3/b16-12-. The lowest BCUT2D eigenvalue weighted by Gasteiger charge is -2.06. The van der Waals surface area contributed by atoms with Crippen LogP contribution in [0.1, 0.15) is 21.5 Å². The van der Waals surface area contributed by atoms with Gasteiger partial charge in [-0.15, -0.1) is 0 Å². The SMILES string of the molecule is COC(=O)/C(=C\c1ccccc1)C(=O)c1ccc(C)cc1. The minimum absolute atomic E-state index is 0.0209. The van der Waals surface area contributed by atoms with Gasteiger partial charge in [0.2, 0.25) is 0 Å². The van der Waals surface area contributed by atoms with E-state index in [-0.39, 0.29) is 11.4 Å². The van der Waals surface area contributed by atoms with Crippen molar-refractivity contribution >= 4 is 17.8 Å². The molecule has 2 aromatic carbocycles. The summed E-state index contributed by atoms with van der Waals surface area (Å²) in [4.78, 5) is 24.4. The summed E-state index contributed by atoms with van der Waals surface area (Å²) in [5, 5.41) is 0. The molecule has 0 fully saturated rings. The van der Waals surface area contributed by atoms with E-state index >= 15 is 0 Å². The van der Waals surface area contributed by atoms with Crippen molar-refractivity contribution in [2.24, 2.45) is 0 Å². The van der Waals surface area contributed by atoms with Crippen LogP contribution in [0.25, 0.3) is 6.08 Å². The molecule has 3 nitrogen and oxygen atoms in total. The van der Waals surface area contributed by atoms with Gasteiger partial charge in [-0.3, -0.25) is 4.79 Å². The van der Waals surface area contributed by atoms with Crippen LogP contribution in [0.3, 0.4) is 0 Å². The van der Waals surface area contributed by atoms with Crippen molar-refractivity contribution in [3.8, 4) is 0 Å². The molecular weight excluding hydrogens is 264 g/mol. The highest BCUT2D eigenvalue weighted by molar-refractivity contribution is 6.26. The van der Waals surface area contributed by atoms with Gasteiger partial charge in [0.1, 0.15) is 5.57 Å². The first-order chi connectivity index (χ1) is 10.1. The number of benzene rings is 2. The Morgan fingerprint density at radius 3 is 2.14 bits per heavy atom. The summed E-state index contributed by atoms with van der Waals surface area (Å²) in [6, 6.07) is 16.3. The Morgan fingerprint density at radius 2 is 1.57 bits per heavy atom. The van der Waals surface area contributed by atoms with Gasteiger partial charge in [-0.2, -0.15) is 0 Å². The van der Waals surface area contributed by atoms with Crippen molar-refractivity contribution in [3.05, 3.63) is 76.9 Å². The zero-order chi connectivity index (χ0) is 15.2. The maximum Gasteiger partial charge on any atom is 0.341 e. The Kier molecular flexibility index (Phi) is 4.67. The molecule has 0 saturated carbocycles. The Balaban J connectivity index is 2.41. The first-order valence-corrected chi connectivity index (χ1v) is 6.58. The third-order valence-corrected chi connectivity index (χ3v) is 3.07. The molecular formula is C18H16O3. The van der Waals surface area contributed by atoms with Crippen LogP contribution >= 0.6 is 0 Å². The van der Waals surface area contributed by atoms with Crippen LogP contribution < -0.4 is 0 Å². The number of carbonyl (C=O) groups is 2. The Bertz CT molecular complexity index is 667. The first-order valence-electron chi connectivity index (χ1n) is 6.58. The van der Waals surface area contributed by atoms with Crippen molar-refractivity contribution in [2.45, 2.75) is 6.92 Å². The van der Waals surface area contributed by atoms with Crippen LogP contribution in [0.15, 0.2) is 60.2 Å². The summed E-state index contributed by atoms with van der Waals surface area (Å²) in [6.07, 6.45) is 1.55. The Morgan fingerprint density at radius 1 is 0.952 bits per heavy atom. The number of ether oxygens (including phenoxy) is 1. The first kappa shape index (κ1) is 14.7. The quantitative estimate of drug-likeness (QED) is 0.283. The fourth-order valence-electron chi connectivity index (χ4n) is 1.90. The maximum absolute atomic E-state index is 12.5. The van der Waals surface area contributed by atoms with Crippen molar-refractivity contribution < 1.29 is 14.3 Å². The van der Waals surface area contributed by atoms with E-state index in [1.807, 2.05) is 49.4 Å². The normalized spacial score (nSPS) is 11.0. The average Bonchev–Trinajstić information content (AvgIpc) is 2.53. The molecule has 0 aliphatic heterocycles. The molecule has 0 atom stereocenters. The number of hydrogen-bond acceptors (Lipinski definition) is 3. The summed E-state index contributed by atoms with van der Waals surface area (Å²) >= 11 is 0. The topological polar surface area (TPSA) is 43.4 Å². The highest BCUT2D eigenvalue weighted by atomic mass is 16.5. The number of hydrogen-bond donors (Lipinski definition) is 0. The average molecular weight is 280 g/mol. The molecule has 21 heavy (non-hydrogen) atoms. The summed E-state index contributed by atoms with van der Waals surface area (Å²) in [5.41, 5.74) is 2.32. The van der Waals surface area contributed by atoms with Crippen molar-refractivity contribution in [1.29, 1.82) is 0 Å². The zero-order valence-electron chi connectivity index (χ0n) is 12.0. The van der Waals surface area contributed by atoms with E-state index in [1.165, 1.54) is 7.11 Å². The third-order valence-electron chi connectivity index (χ3n) is 3.07. The fourth-order valence-corrected chi connectivity index (χ4v) is 1.90. The van der Waals surface area contributed by atoms with Gasteiger partial charge in [0.15, 0.2) is 5.78 Å². The molecule has 0 radical (unpaired) electrons. The molecule has 0 spiro atoms. The lowest BCUT2D eigenvalue weighted by atomic mass is 10.00. The van der Waals surface area contributed by atoms with Crippen LogP contribution in [-0.4, -0.2) is 18.9 Å². The second kappa shape index (κ2) is 6.66. The molecule has 0 bridgehead atoms. The molecule has 106 valence electrons. The number of carbonyl (C=O) groups excluding carboxylic acids is 2. The third kappa shape index (κ3) is 3.66. The van der Waals surface area contributed by atoms with Crippen LogP contribution in [0.2, 0.25) is 0 Å². The van der Waals surface area contributed by atoms with Gasteiger partial charge in [-0.1, -0.05) is 60.2 Å². The number of methoxy groups -OCH3 is 1. The minimum atomic E-state index is -0.635. The molecule has 0 aromatic heterocycles. The molecule has 0 saturated heterocycles. The van der Waals surface area contributed by atoms with Gasteiger partial charge in [0.25, 0.3) is 0 Å². The number of rotatable bonds is 4. The molecule has 0 unspecified atom stereocenters. The van der Waals surface area contributed by atoms with Gasteiger partial charge >= 0.3 is 5.97 Å². The van der Waals surface area contributed by atoms with Crippen LogP contribution in [-0.2, 0) is 9.53 Å². The number of ketones is 1. The predicted molar refractivity (Wildman–Crippen MR) is 81.9 cm³/mol. The van der Waals surface area contributed by atoms with E-state index < -0.39 is 5.97 Å². The van der Waals surface area contributed by atoms with Gasteiger partial charge in [0.05, 0.1) is 7.11 Å². The van der Waals surface area contributed by atoms with E-state index in [1.54, 1.807) is 18.2 Å².